The Kier molecular flexibility index (Phi) is 10.5. The van der Waals surface area contributed by atoms with E-state index in [2.05, 4.69) is 39.8 Å². The number of hydrogen-bond acceptors (Lipinski definition) is 5. The molecule has 4 aromatic rings. The Bertz CT molecular complexity index is 1440. The van der Waals surface area contributed by atoms with Crippen LogP contribution in [0.3, 0.4) is 0 Å². The van der Waals surface area contributed by atoms with Gasteiger partial charge in [0.15, 0.2) is 0 Å². The number of carbonyl (C=O) groups is 1. The highest BCUT2D eigenvalue weighted by Gasteiger charge is 2.22. The summed E-state index contributed by atoms with van der Waals surface area (Å²) in [6.45, 7) is 4.30. The molecular formula is C35H38ClN3O3. The minimum absolute atomic E-state index is 0.0679. The Morgan fingerprint density at radius 3 is 2.31 bits per heavy atom. The van der Waals surface area contributed by atoms with E-state index in [0.29, 0.717) is 11.6 Å². The molecule has 0 radical (unpaired) electrons. The van der Waals surface area contributed by atoms with Crippen LogP contribution in [0.15, 0.2) is 97.1 Å². The molecule has 0 aliphatic carbocycles. The number of halogens is 1. The van der Waals surface area contributed by atoms with E-state index < -0.39 is 6.09 Å². The maximum atomic E-state index is 12.7. The number of rotatable bonds is 11. The van der Waals surface area contributed by atoms with Gasteiger partial charge in [0.2, 0.25) is 0 Å². The van der Waals surface area contributed by atoms with Gasteiger partial charge in [-0.3, -0.25) is 5.32 Å². The molecule has 218 valence electrons. The molecule has 0 atom stereocenters. The Morgan fingerprint density at radius 1 is 0.857 bits per heavy atom. The number of phenols is 1. The smallest absolute Gasteiger partial charge is 0.411 e. The lowest BCUT2D eigenvalue weighted by Crippen LogP contribution is -2.39. The number of nitrogens with one attached hydrogen (secondary N) is 2. The fourth-order valence-electron chi connectivity index (χ4n) is 5.32. The molecule has 1 amide bonds. The third-order valence-electron chi connectivity index (χ3n) is 7.76. The first-order valence-electron chi connectivity index (χ1n) is 14.6. The van der Waals surface area contributed by atoms with Gasteiger partial charge in [-0.2, -0.15) is 0 Å². The van der Waals surface area contributed by atoms with Crippen LogP contribution in [0.1, 0.15) is 29.5 Å². The lowest BCUT2D eigenvalue weighted by molar-refractivity contribution is 0.0593. The summed E-state index contributed by atoms with van der Waals surface area (Å²) < 4.78 is 5.79. The molecule has 1 aliphatic rings. The van der Waals surface area contributed by atoms with Gasteiger partial charge in [-0.05, 0) is 66.6 Å². The van der Waals surface area contributed by atoms with E-state index in [1.807, 2.05) is 60.7 Å². The van der Waals surface area contributed by atoms with Crippen LogP contribution in [0.25, 0.3) is 11.1 Å². The van der Waals surface area contributed by atoms with Gasteiger partial charge < -0.3 is 20.1 Å². The molecule has 1 aliphatic heterocycles. The number of likely N-dealkylation sites (tertiary alicyclic amines) is 1. The van der Waals surface area contributed by atoms with Crippen LogP contribution in [0.4, 0.5) is 10.5 Å². The van der Waals surface area contributed by atoms with Gasteiger partial charge in [-0.25, -0.2) is 4.79 Å². The number of para-hydroxylation sites is 1. The SMILES string of the molecule is O=C(Nc1ccccc1-c1ccccc1)OC1CCN(CCc2ccc(CCNCc3cccc(O)c3Cl)cc2)CC1. The molecule has 7 heteroatoms. The molecule has 1 heterocycles. The normalized spacial score (nSPS) is 14.0. The lowest BCUT2D eigenvalue weighted by Gasteiger charge is -2.31. The Labute approximate surface area is 253 Å². The summed E-state index contributed by atoms with van der Waals surface area (Å²) in [6.07, 6.45) is 3.14. The van der Waals surface area contributed by atoms with E-state index in [-0.39, 0.29) is 11.9 Å². The first-order chi connectivity index (χ1) is 20.5. The predicted octanol–water partition coefficient (Wildman–Crippen LogP) is 7.30. The summed E-state index contributed by atoms with van der Waals surface area (Å²) in [6, 6.07) is 32.0. The fraction of sp³-hybridized carbons (Fsp3) is 0.286. The monoisotopic (exact) mass is 583 g/mol. The van der Waals surface area contributed by atoms with Gasteiger partial charge in [-0.1, -0.05) is 96.5 Å². The number of ether oxygens (including phenoxy) is 1. The van der Waals surface area contributed by atoms with Crippen LogP contribution in [-0.4, -0.2) is 48.4 Å². The summed E-state index contributed by atoms with van der Waals surface area (Å²) in [5, 5.41) is 16.5. The number of phenolic OH excluding ortho intramolecular Hbond substituents is 1. The van der Waals surface area contributed by atoms with Crippen molar-refractivity contribution in [3.8, 4) is 16.9 Å². The molecule has 0 aromatic heterocycles. The van der Waals surface area contributed by atoms with Crippen LogP contribution in [0, 0.1) is 0 Å². The van der Waals surface area contributed by atoms with Crippen molar-refractivity contribution in [2.45, 2.75) is 38.3 Å². The predicted molar refractivity (Wildman–Crippen MR) is 170 cm³/mol. The summed E-state index contributed by atoms with van der Waals surface area (Å²) >= 11 is 6.15. The van der Waals surface area contributed by atoms with Crippen LogP contribution in [0.2, 0.25) is 5.02 Å². The van der Waals surface area contributed by atoms with Crippen molar-refractivity contribution in [2.75, 3.05) is 31.5 Å². The molecule has 3 N–H and O–H groups in total. The Morgan fingerprint density at radius 2 is 1.55 bits per heavy atom. The number of aromatic hydroxyl groups is 1. The molecule has 6 nitrogen and oxygen atoms in total. The highest BCUT2D eigenvalue weighted by atomic mass is 35.5. The first-order valence-corrected chi connectivity index (χ1v) is 15.0. The minimum Gasteiger partial charge on any atom is -0.506 e. The van der Waals surface area contributed by atoms with E-state index in [9.17, 15) is 9.90 Å². The third kappa shape index (κ3) is 8.35. The molecule has 1 saturated heterocycles. The number of nitrogens with zero attached hydrogens (tertiary/aromatic N) is 1. The zero-order valence-corrected chi connectivity index (χ0v) is 24.5. The minimum atomic E-state index is -0.393. The largest absolute Gasteiger partial charge is 0.506 e. The molecule has 4 aromatic carbocycles. The van der Waals surface area contributed by atoms with Gasteiger partial charge in [0.05, 0.1) is 10.7 Å². The Hall–Kier alpha value is -3.84. The van der Waals surface area contributed by atoms with E-state index in [0.717, 1.165) is 74.2 Å². The molecule has 5 rings (SSSR count). The van der Waals surface area contributed by atoms with E-state index in [1.54, 1.807) is 12.1 Å². The number of benzene rings is 4. The molecule has 0 unspecified atom stereocenters. The van der Waals surface area contributed by atoms with Crippen LogP contribution in [-0.2, 0) is 24.1 Å². The summed E-state index contributed by atoms with van der Waals surface area (Å²) in [4.78, 5) is 15.1. The van der Waals surface area contributed by atoms with Gasteiger partial charge in [0.25, 0.3) is 0 Å². The van der Waals surface area contributed by atoms with Crippen LogP contribution < -0.4 is 10.6 Å². The fourth-order valence-corrected chi connectivity index (χ4v) is 5.51. The number of hydrogen-bond donors (Lipinski definition) is 3. The highest BCUT2D eigenvalue weighted by molar-refractivity contribution is 6.32. The van der Waals surface area contributed by atoms with Crippen molar-refractivity contribution < 1.29 is 14.6 Å². The maximum Gasteiger partial charge on any atom is 0.411 e. The lowest BCUT2D eigenvalue weighted by atomic mass is 10.0. The topological polar surface area (TPSA) is 73.8 Å². The number of anilines is 1. The molecule has 0 saturated carbocycles. The van der Waals surface area contributed by atoms with Crippen molar-refractivity contribution >= 4 is 23.4 Å². The average Bonchev–Trinajstić information content (AvgIpc) is 3.02. The summed E-state index contributed by atoms with van der Waals surface area (Å²) in [7, 11) is 0. The zero-order chi connectivity index (χ0) is 29.1. The third-order valence-corrected chi connectivity index (χ3v) is 8.20. The second-order valence-corrected chi connectivity index (χ2v) is 11.1. The standard InChI is InChI=1S/C35H38ClN3O3/c36-34-29(9-6-12-33(34)40)25-37-21-17-26-13-15-27(16-14-26)18-22-39-23-19-30(20-24-39)42-35(41)38-32-11-5-4-10-31(32)28-7-2-1-3-8-28/h1-16,30,37,40H,17-25H2,(H,38,41). The molecule has 42 heavy (non-hydrogen) atoms. The quantitative estimate of drug-likeness (QED) is 0.162. The van der Waals surface area contributed by atoms with Crippen molar-refractivity contribution in [2.24, 2.45) is 0 Å². The number of piperidine rings is 1. The second kappa shape index (κ2) is 14.9. The van der Waals surface area contributed by atoms with E-state index in [4.69, 9.17) is 16.3 Å². The van der Waals surface area contributed by atoms with Crippen molar-refractivity contribution in [3.05, 3.63) is 119 Å². The van der Waals surface area contributed by atoms with Crippen molar-refractivity contribution in [3.63, 3.8) is 0 Å². The van der Waals surface area contributed by atoms with Crippen molar-refractivity contribution in [1.29, 1.82) is 0 Å². The Balaban J connectivity index is 0.993. The molecule has 0 bridgehead atoms. The van der Waals surface area contributed by atoms with Gasteiger partial charge in [-0.15, -0.1) is 0 Å². The van der Waals surface area contributed by atoms with Gasteiger partial charge >= 0.3 is 6.09 Å². The summed E-state index contributed by atoms with van der Waals surface area (Å²) in [5.74, 6) is 0.119. The van der Waals surface area contributed by atoms with Gasteiger partial charge in [0.1, 0.15) is 11.9 Å². The van der Waals surface area contributed by atoms with Crippen molar-refractivity contribution in [1.82, 2.24) is 10.2 Å². The zero-order valence-electron chi connectivity index (χ0n) is 23.8. The second-order valence-electron chi connectivity index (χ2n) is 10.7. The van der Waals surface area contributed by atoms with E-state index >= 15 is 0 Å². The van der Waals surface area contributed by atoms with Crippen LogP contribution in [0.5, 0.6) is 5.75 Å². The number of amides is 1. The van der Waals surface area contributed by atoms with Crippen LogP contribution >= 0.6 is 11.6 Å². The average molecular weight is 584 g/mol. The first kappa shape index (κ1) is 29.6. The highest BCUT2D eigenvalue weighted by Crippen LogP contribution is 2.28. The molecular weight excluding hydrogens is 546 g/mol. The van der Waals surface area contributed by atoms with E-state index in [1.165, 1.54) is 11.1 Å². The molecule has 1 fully saturated rings. The number of carbonyl (C=O) groups excluding carboxylic acids is 1. The summed E-state index contributed by atoms with van der Waals surface area (Å²) in [5.41, 5.74) is 6.30. The molecule has 0 spiro atoms. The maximum absolute atomic E-state index is 12.7. The van der Waals surface area contributed by atoms with Gasteiger partial charge in [0, 0.05) is 31.7 Å².